The Bertz CT molecular complexity index is 1880. The van der Waals surface area contributed by atoms with Gasteiger partial charge < -0.3 is 29.9 Å². The molecular formula is C38H37F3N4O6. The average Bonchev–Trinajstić information content (AvgIpc) is 3.73. The highest BCUT2D eigenvalue weighted by molar-refractivity contribution is 6.01. The number of carbonyl (C=O) groups is 4. The Morgan fingerprint density at radius 3 is 1.90 bits per heavy atom. The average molecular weight is 703 g/mol. The Hall–Kier alpha value is -5.85. The first kappa shape index (κ1) is 36.4. The number of amides is 4. The summed E-state index contributed by atoms with van der Waals surface area (Å²) in [6.07, 6.45) is 0.185. The van der Waals surface area contributed by atoms with Crippen LogP contribution < -0.4 is 29.9 Å². The number of hydrogen-bond donors (Lipinski definition) is 2. The molecule has 2 N–H and O–H groups in total. The van der Waals surface area contributed by atoms with Gasteiger partial charge in [0.2, 0.25) is 23.6 Å². The molecule has 2 unspecified atom stereocenters. The lowest BCUT2D eigenvalue weighted by Gasteiger charge is -2.18. The highest BCUT2D eigenvalue weighted by atomic mass is 19.1. The number of rotatable bonds is 10. The van der Waals surface area contributed by atoms with Gasteiger partial charge in [-0.1, -0.05) is 42.5 Å². The molecule has 2 fully saturated rings. The molecule has 6 rings (SSSR count). The van der Waals surface area contributed by atoms with E-state index in [0.29, 0.717) is 18.7 Å². The van der Waals surface area contributed by atoms with Crippen molar-refractivity contribution in [3.8, 4) is 11.5 Å². The summed E-state index contributed by atoms with van der Waals surface area (Å²) in [6, 6.07) is 24.6. The summed E-state index contributed by atoms with van der Waals surface area (Å²) in [5.41, 5.74) is 2.10. The SMILES string of the molecule is CNC(=O)C1CC(=O)N(c2cc(F)c(OCc3cccc(F)c3)cc2F)C1.CNC(=O)C1CC(=O)N(c2ccc(OCc3ccccc3)cc2)C1. The van der Waals surface area contributed by atoms with Gasteiger partial charge in [0, 0.05) is 57.8 Å². The Morgan fingerprint density at radius 1 is 0.686 bits per heavy atom. The number of halogens is 3. The summed E-state index contributed by atoms with van der Waals surface area (Å²) >= 11 is 0. The summed E-state index contributed by atoms with van der Waals surface area (Å²) in [5, 5.41) is 5.04. The maximum Gasteiger partial charge on any atom is 0.227 e. The number of benzene rings is 4. The Kier molecular flexibility index (Phi) is 11.9. The van der Waals surface area contributed by atoms with E-state index in [4.69, 9.17) is 9.47 Å². The van der Waals surface area contributed by atoms with Crippen LogP contribution in [0.2, 0.25) is 0 Å². The molecule has 0 spiro atoms. The Balaban J connectivity index is 0.000000199. The number of ether oxygens (including phenoxy) is 2. The predicted octanol–water partition coefficient (Wildman–Crippen LogP) is 5.15. The topological polar surface area (TPSA) is 117 Å². The molecule has 0 aliphatic carbocycles. The second-order valence-electron chi connectivity index (χ2n) is 12.0. The molecule has 0 saturated carbocycles. The third-order valence-corrected chi connectivity index (χ3v) is 8.46. The fourth-order valence-electron chi connectivity index (χ4n) is 5.74. The van der Waals surface area contributed by atoms with Crippen molar-refractivity contribution in [2.45, 2.75) is 26.1 Å². The number of anilines is 2. The van der Waals surface area contributed by atoms with Crippen LogP contribution >= 0.6 is 0 Å². The van der Waals surface area contributed by atoms with Gasteiger partial charge in [-0.15, -0.1) is 0 Å². The molecule has 266 valence electrons. The van der Waals surface area contributed by atoms with E-state index in [0.717, 1.165) is 34.0 Å². The van der Waals surface area contributed by atoms with Crippen molar-refractivity contribution in [1.82, 2.24) is 10.6 Å². The molecule has 2 heterocycles. The van der Waals surface area contributed by atoms with Crippen molar-refractivity contribution < 1.29 is 41.8 Å². The summed E-state index contributed by atoms with van der Waals surface area (Å²) < 4.78 is 52.9. The molecule has 4 aromatic rings. The van der Waals surface area contributed by atoms with E-state index < -0.39 is 29.3 Å². The first-order chi connectivity index (χ1) is 24.6. The molecule has 13 heteroatoms. The standard InChI is InChI=1S/C19H17F3N2O3.C19H20N2O3/c1-23-19(26)12-6-18(25)24(9-12)16-7-15(22)17(8-14(16)21)27-10-11-3-2-4-13(20)5-11;1-20-19(23)15-11-18(22)21(12-15)16-7-9-17(10-8-16)24-13-14-5-3-2-4-6-14/h2-5,7-8,12H,6,9-10H2,1H3,(H,23,26);2-10,15H,11-13H2,1H3,(H,20,23). The van der Waals surface area contributed by atoms with Crippen LogP contribution in [0.15, 0.2) is 91.0 Å². The smallest absolute Gasteiger partial charge is 0.227 e. The molecule has 51 heavy (non-hydrogen) atoms. The zero-order chi connectivity index (χ0) is 36.5. The molecule has 2 aliphatic heterocycles. The molecule has 4 amide bonds. The van der Waals surface area contributed by atoms with Gasteiger partial charge in [0.1, 0.15) is 24.8 Å². The van der Waals surface area contributed by atoms with Crippen molar-refractivity contribution in [3.63, 3.8) is 0 Å². The van der Waals surface area contributed by atoms with Crippen LogP contribution in [0.4, 0.5) is 24.5 Å². The van der Waals surface area contributed by atoms with Crippen LogP contribution in [0.3, 0.4) is 0 Å². The minimum absolute atomic E-state index is 0.0263. The van der Waals surface area contributed by atoms with E-state index in [2.05, 4.69) is 10.6 Å². The van der Waals surface area contributed by atoms with Gasteiger partial charge in [-0.3, -0.25) is 19.2 Å². The highest BCUT2D eigenvalue weighted by Crippen LogP contribution is 2.32. The van der Waals surface area contributed by atoms with E-state index in [9.17, 15) is 32.3 Å². The number of hydrogen-bond acceptors (Lipinski definition) is 6. The van der Waals surface area contributed by atoms with Gasteiger partial charge in [-0.05, 0) is 47.5 Å². The van der Waals surface area contributed by atoms with Crippen molar-refractivity contribution in [2.24, 2.45) is 11.8 Å². The van der Waals surface area contributed by atoms with E-state index in [1.807, 2.05) is 54.6 Å². The summed E-state index contributed by atoms with van der Waals surface area (Å²) in [4.78, 5) is 50.3. The summed E-state index contributed by atoms with van der Waals surface area (Å²) in [7, 11) is 3.04. The predicted molar refractivity (Wildman–Crippen MR) is 183 cm³/mol. The third-order valence-electron chi connectivity index (χ3n) is 8.46. The first-order valence-electron chi connectivity index (χ1n) is 16.2. The lowest BCUT2D eigenvalue weighted by molar-refractivity contribution is -0.126. The molecule has 2 saturated heterocycles. The van der Waals surface area contributed by atoms with Crippen molar-refractivity contribution >= 4 is 35.0 Å². The van der Waals surface area contributed by atoms with Crippen molar-refractivity contribution in [3.05, 3.63) is 120 Å². The zero-order valence-electron chi connectivity index (χ0n) is 28.0. The molecule has 0 aromatic heterocycles. The van der Waals surface area contributed by atoms with E-state index in [-0.39, 0.29) is 61.1 Å². The van der Waals surface area contributed by atoms with E-state index >= 15 is 0 Å². The molecule has 0 radical (unpaired) electrons. The van der Waals surface area contributed by atoms with Gasteiger partial charge >= 0.3 is 0 Å². The number of nitrogens with zero attached hydrogens (tertiary/aromatic N) is 2. The van der Waals surface area contributed by atoms with Gasteiger partial charge in [-0.2, -0.15) is 0 Å². The van der Waals surface area contributed by atoms with Crippen LogP contribution in [0, 0.1) is 29.3 Å². The number of carbonyl (C=O) groups excluding carboxylic acids is 4. The minimum Gasteiger partial charge on any atom is -0.489 e. The normalized spacial score (nSPS) is 16.7. The highest BCUT2D eigenvalue weighted by Gasteiger charge is 2.37. The maximum atomic E-state index is 14.5. The lowest BCUT2D eigenvalue weighted by atomic mass is 10.1. The Labute approximate surface area is 293 Å². The zero-order valence-corrected chi connectivity index (χ0v) is 28.0. The van der Waals surface area contributed by atoms with Gasteiger partial charge in [0.25, 0.3) is 0 Å². The van der Waals surface area contributed by atoms with Crippen LogP contribution in [0.1, 0.15) is 24.0 Å². The largest absolute Gasteiger partial charge is 0.489 e. The molecule has 2 atom stereocenters. The molecule has 2 aliphatic rings. The summed E-state index contributed by atoms with van der Waals surface area (Å²) in [6.45, 7) is 0.748. The monoisotopic (exact) mass is 702 g/mol. The van der Waals surface area contributed by atoms with Crippen molar-refractivity contribution in [2.75, 3.05) is 37.0 Å². The maximum absolute atomic E-state index is 14.5. The van der Waals surface area contributed by atoms with Gasteiger partial charge in [-0.25, -0.2) is 13.2 Å². The number of nitrogens with one attached hydrogen (secondary N) is 2. The van der Waals surface area contributed by atoms with E-state index in [1.54, 1.807) is 18.0 Å². The fraction of sp³-hybridized carbons (Fsp3) is 0.263. The second kappa shape index (κ2) is 16.7. The van der Waals surface area contributed by atoms with Crippen molar-refractivity contribution in [1.29, 1.82) is 0 Å². The molecule has 10 nitrogen and oxygen atoms in total. The molecule has 4 aromatic carbocycles. The third kappa shape index (κ3) is 9.24. The second-order valence-corrected chi connectivity index (χ2v) is 12.0. The van der Waals surface area contributed by atoms with Gasteiger partial charge in [0.15, 0.2) is 17.4 Å². The lowest BCUT2D eigenvalue weighted by Crippen LogP contribution is -2.31. The van der Waals surface area contributed by atoms with Crippen LogP contribution in [0.25, 0.3) is 0 Å². The van der Waals surface area contributed by atoms with Gasteiger partial charge in [0.05, 0.1) is 17.5 Å². The van der Waals surface area contributed by atoms with Crippen LogP contribution in [-0.4, -0.2) is 50.8 Å². The Morgan fingerprint density at radius 2 is 1.27 bits per heavy atom. The van der Waals surface area contributed by atoms with E-state index in [1.165, 1.54) is 25.2 Å². The minimum atomic E-state index is -0.862. The first-order valence-corrected chi connectivity index (χ1v) is 16.2. The molecular weight excluding hydrogens is 665 g/mol. The quantitative estimate of drug-likeness (QED) is 0.236. The summed E-state index contributed by atoms with van der Waals surface area (Å²) in [5.74, 6) is -3.59. The van der Waals surface area contributed by atoms with Crippen LogP contribution in [0.5, 0.6) is 11.5 Å². The van der Waals surface area contributed by atoms with Crippen LogP contribution in [-0.2, 0) is 32.4 Å². The molecule has 0 bridgehead atoms. The fourth-order valence-corrected chi connectivity index (χ4v) is 5.74.